The second kappa shape index (κ2) is 19.3. The minimum absolute atomic E-state index is 0.0180. The number of halogens is 1. The zero-order valence-electron chi connectivity index (χ0n) is 32.5. The van der Waals surface area contributed by atoms with Gasteiger partial charge in [-0.2, -0.15) is 10.2 Å². The number of aliphatic hydroxyl groups is 1. The summed E-state index contributed by atoms with van der Waals surface area (Å²) in [5.41, 5.74) is -0.198. The van der Waals surface area contributed by atoms with Gasteiger partial charge in [-0.3, -0.25) is 38.4 Å². The average molecular weight is 888 g/mol. The predicted molar refractivity (Wildman–Crippen MR) is 210 cm³/mol. The summed E-state index contributed by atoms with van der Waals surface area (Å²) in [5.74, 6) is -1.98. The second-order valence-corrected chi connectivity index (χ2v) is 16.0. The Morgan fingerprint density at radius 1 is 1.03 bits per heavy atom. The lowest BCUT2D eigenvalue weighted by Gasteiger charge is -2.27. The fourth-order valence-corrected chi connectivity index (χ4v) is 8.29. The largest absolute Gasteiger partial charge is 0.394 e. The van der Waals surface area contributed by atoms with Gasteiger partial charge >= 0.3 is 16.9 Å². The number of aromatic nitrogens is 8. The normalized spacial score (nSPS) is 24.9. The number of nitriles is 1. The van der Waals surface area contributed by atoms with Crippen LogP contribution in [0, 0.1) is 23.2 Å². The lowest BCUT2D eigenvalue weighted by molar-refractivity contribution is -0.118. The smallest absolute Gasteiger partial charge is 0.333 e. The Labute approximate surface area is 346 Å². The van der Waals surface area contributed by atoms with Crippen LogP contribution in [0.4, 0.5) is 16.2 Å². The molecule has 324 valence electrons. The molecule has 10 atom stereocenters. The third-order valence-electron chi connectivity index (χ3n) is 9.72. The molecule has 6 heterocycles. The topological polar surface area (TPSA) is 302 Å². The molecular formula is C35H40FN11O12P2. The number of fused-ring (bicyclic) bond motifs is 2. The maximum atomic E-state index is 16.3. The molecular weight excluding hydrogens is 847 g/mol. The van der Waals surface area contributed by atoms with E-state index in [1.165, 1.54) is 21.8 Å². The standard InChI is InChI=1S/C35H40FN11O12P2/c1-17(2)30(49)44-35-43-29-24(32(51)45-35)41-16-47(29)34-25(18(3)20(12-48)56-34)59-61(54-11-7-10-37)55-13-21-26(58-60(52)53)22(36)33(57-21)46-15-40-23-27(38-14-39-28(23)46)42-31(50)19-8-5-4-6-9-19/h4-6,8-9,14-18,20-22,25-26,33-34,48,60H,7,11-13H2,1-3H3,(H,52,53)(H,38,39,42,50)(H2,43,44,45,49,51). The van der Waals surface area contributed by atoms with Crippen molar-refractivity contribution < 1.29 is 56.1 Å². The van der Waals surface area contributed by atoms with Crippen LogP contribution in [0.3, 0.4) is 0 Å². The van der Waals surface area contributed by atoms with Gasteiger partial charge in [0, 0.05) is 17.4 Å². The van der Waals surface area contributed by atoms with E-state index in [1.54, 1.807) is 51.1 Å². The molecule has 23 nitrogen and oxygen atoms in total. The Morgan fingerprint density at radius 2 is 1.75 bits per heavy atom. The van der Waals surface area contributed by atoms with Crippen molar-refractivity contribution in [3.63, 3.8) is 0 Å². The highest BCUT2D eigenvalue weighted by molar-refractivity contribution is 7.41. The molecule has 1 aromatic carbocycles. The van der Waals surface area contributed by atoms with Crippen LogP contribution in [-0.2, 0) is 36.9 Å². The van der Waals surface area contributed by atoms with Gasteiger partial charge in [0.05, 0.1) is 51.1 Å². The first kappa shape index (κ1) is 43.9. The van der Waals surface area contributed by atoms with E-state index in [2.05, 4.69) is 40.5 Å². The van der Waals surface area contributed by atoms with Crippen LogP contribution in [-0.4, -0.2) is 111 Å². The molecule has 61 heavy (non-hydrogen) atoms. The summed E-state index contributed by atoms with van der Waals surface area (Å²) >= 11 is 0. The lowest BCUT2D eigenvalue weighted by atomic mass is 10.0. The highest BCUT2D eigenvalue weighted by Gasteiger charge is 2.50. The molecule has 2 saturated heterocycles. The summed E-state index contributed by atoms with van der Waals surface area (Å²) in [6.07, 6.45) is -6.01. The first-order chi connectivity index (χ1) is 29.4. The minimum Gasteiger partial charge on any atom is -0.394 e. The number of H-pyrrole nitrogens is 1. The Bertz CT molecular complexity index is 2490. The fourth-order valence-electron chi connectivity index (χ4n) is 6.57. The first-order valence-corrected chi connectivity index (χ1v) is 21.1. The van der Waals surface area contributed by atoms with Crippen molar-refractivity contribution in [2.24, 2.45) is 11.8 Å². The van der Waals surface area contributed by atoms with E-state index in [0.717, 1.165) is 6.33 Å². The molecule has 5 N–H and O–H groups in total. The SMILES string of the molecule is CC(C)C(=O)Nc1nc2c(ncn2C2OC(CO)C(C)C2OP(OCCC#N)OCC2OC(n3cnc4c(NC(=O)c5ccccc5)ncnc43)C(F)C2O[PH](=O)O)c(=O)[nH]1. The van der Waals surface area contributed by atoms with Gasteiger partial charge in [0.25, 0.3) is 11.5 Å². The van der Waals surface area contributed by atoms with Crippen molar-refractivity contribution in [2.45, 2.75) is 70.2 Å². The van der Waals surface area contributed by atoms with Gasteiger partial charge in [0.2, 0.25) is 11.9 Å². The molecule has 0 aliphatic carbocycles. The number of alkyl halides is 1. The number of amides is 2. The Balaban J connectivity index is 1.12. The van der Waals surface area contributed by atoms with Gasteiger partial charge in [-0.15, -0.1) is 0 Å². The predicted octanol–water partition coefficient (Wildman–Crippen LogP) is 2.89. The lowest BCUT2D eigenvalue weighted by Crippen LogP contribution is -2.33. The van der Waals surface area contributed by atoms with E-state index >= 15 is 4.39 Å². The number of imidazole rings is 2. The van der Waals surface area contributed by atoms with Crippen molar-refractivity contribution in [1.29, 1.82) is 5.26 Å². The fraction of sp³-hybridized carbons (Fsp3) is 0.457. The van der Waals surface area contributed by atoms with Gasteiger partial charge in [-0.25, -0.2) is 24.3 Å². The number of aromatic amines is 1. The molecule has 10 unspecified atom stereocenters. The third-order valence-corrected chi connectivity index (χ3v) is 11.4. The highest BCUT2D eigenvalue weighted by atomic mass is 31.2. The number of carbonyl (C=O) groups excluding carboxylic acids is 2. The number of aliphatic hydroxyl groups excluding tert-OH is 1. The van der Waals surface area contributed by atoms with E-state index in [9.17, 15) is 34.2 Å². The Hall–Kier alpha value is -5.18. The number of carbonyl (C=O) groups is 2. The molecule has 0 radical (unpaired) electrons. The van der Waals surface area contributed by atoms with Crippen molar-refractivity contribution in [1.82, 2.24) is 39.0 Å². The molecule has 26 heteroatoms. The second-order valence-electron chi connectivity index (χ2n) is 14.0. The quantitative estimate of drug-likeness (QED) is 0.0662. The molecule has 7 rings (SSSR count). The van der Waals surface area contributed by atoms with E-state index in [-0.39, 0.29) is 47.1 Å². The van der Waals surface area contributed by atoms with Crippen LogP contribution in [0.15, 0.2) is 54.1 Å². The number of rotatable bonds is 17. The Morgan fingerprint density at radius 3 is 2.46 bits per heavy atom. The zero-order valence-corrected chi connectivity index (χ0v) is 34.4. The number of nitrogens with zero attached hydrogens (tertiary/aromatic N) is 8. The minimum atomic E-state index is -3.74. The van der Waals surface area contributed by atoms with Gasteiger partial charge in [0.1, 0.15) is 24.6 Å². The first-order valence-electron chi connectivity index (χ1n) is 18.7. The summed E-state index contributed by atoms with van der Waals surface area (Å²) in [7, 11) is -6.20. The summed E-state index contributed by atoms with van der Waals surface area (Å²) in [6.45, 7) is 3.91. The number of nitrogens with one attached hydrogen (secondary N) is 3. The highest BCUT2D eigenvalue weighted by Crippen LogP contribution is 2.50. The summed E-state index contributed by atoms with van der Waals surface area (Å²) in [5, 5.41) is 24.7. The molecule has 2 amide bonds. The molecule has 2 aliphatic heterocycles. The van der Waals surface area contributed by atoms with Crippen molar-refractivity contribution in [3.8, 4) is 6.07 Å². The van der Waals surface area contributed by atoms with E-state index in [4.69, 9.17) is 27.6 Å². The number of anilines is 2. The molecule has 4 aromatic heterocycles. The molecule has 5 aromatic rings. The summed E-state index contributed by atoms with van der Waals surface area (Å²) in [6, 6.07) is 10.3. The van der Waals surface area contributed by atoms with Crippen molar-refractivity contribution in [2.75, 3.05) is 30.5 Å². The van der Waals surface area contributed by atoms with Crippen LogP contribution in [0.25, 0.3) is 22.3 Å². The molecule has 2 aliphatic rings. The van der Waals surface area contributed by atoms with Crippen molar-refractivity contribution in [3.05, 3.63) is 65.2 Å². The molecule has 0 saturated carbocycles. The Kier molecular flexibility index (Phi) is 13.9. The van der Waals surface area contributed by atoms with Crippen LogP contribution in [0.2, 0.25) is 0 Å². The molecule has 2 fully saturated rings. The number of hydrogen-bond acceptors (Lipinski definition) is 17. The van der Waals surface area contributed by atoms with Gasteiger partial charge < -0.3 is 42.9 Å². The van der Waals surface area contributed by atoms with Crippen LogP contribution in [0.1, 0.15) is 50.0 Å². The van der Waals surface area contributed by atoms with E-state index in [1.807, 2.05) is 6.07 Å². The van der Waals surface area contributed by atoms with Gasteiger partial charge in [0.15, 0.2) is 46.8 Å². The zero-order chi connectivity index (χ0) is 43.4. The maximum Gasteiger partial charge on any atom is 0.333 e. The van der Waals surface area contributed by atoms with Crippen molar-refractivity contribution >= 4 is 62.8 Å². The summed E-state index contributed by atoms with van der Waals surface area (Å²) in [4.78, 5) is 71.7. The van der Waals surface area contributed by atoms with Crippen LogP contribution in [0.5, 0.6) is 0 Å². The average Bonchev–Trinajstić information content (AvgIpc) is 4.01. The van der Waals surface area contributed by atoms with E-state index < -0.39 is 102 Å². The number of hydrogen-bond donors (Lipinski definition) is 5. The third kappa shape index (κ3) is 9.51. The number of benzene rings is 1. The maximum absolute atomic E-state index is 16.3. The number of ether oxygens (including phenoxy) is 2. The van der Waals surface area contributed by atoms with Crippen LogP contribution >= 0.6 is 16.9 Å². The van der Waals surface area contributed by atoms with Gasteiger partial charge in [-0.1, -0.05) is 39.0 Å². The van der Waals surface area contributed by atoms with Gasteiger partial charge in [-0.05, 0) is 12.1 Å². The van der Waals surface area contributed by atoms with Crippen LogP contribution < -0.4 is 16.2 Å². The molecule has 0 spiro atoms. The van der Waals surface area contributed by atoms with E-state index in [0.29, 0.717) is 5.56 Å². The summed E-state index contributed by atoms with van der Waals surface area (Å²) < 4.78 is 66.5. The monoisotopic (exact) mass is 887 g/mol. The molecule has 0 bridgehead atoms.